The van der Waals surface area contributed by atoms with Crippen molar-refractivity contribution in [2.24, 2.45) is 0 Å². The number of esters is 1. The van der Waals surface area contributed by atoms with Crippen LogP contribution in [0.1, 0.15) is 33.1 Å². The van der Waals surface area contributed by atoms with Crippen LogP contribution in [0.15, 0.2) is 0 Å². The molecule has 0 aromatic heterocycles. The monoisotopic (exact) mass is 283 g/mol. The Morgan fingerprint density at radius 2 is 1.95 bits per heavy atom. The number of carbonyl (C=O) groups excluding carboxylic acids is 1. The molecule has 1 saturated carbocycles. The topological polar surface area (TPSA) is 44.8 Å². The lowest BCUT2D eigenvalue weighted by molar-refractivity contribution is -0.149. The molecule has 5 nitrogen and oxygen atoms in total. The zero-order chi connectivity index (χ0) is 14.8. The molecule has 1 aliphatic carbocycles. The van der Waals surface area contributed by atoms with E-state index in [4.69, 9.17) is 4.74 Å². The predicted molar refractivity (Wildman–Crippen MR) is 79.7 cm³/mol. The highest BCUT2D eigenvalue weighted by molar-refractivity contribution is 5.81. The fourth-order valence-electron chi connectivity index (χ4n) is 3.64. The molecule has 1 aliphatic heterocycles. The van der Waals surface area contributed by atoms with Gasteiger partial charge in [0.05, 0.1) is 7.11 Å². The third-order valence-corrected chi connectivity index (χ3v) is 4.68. The molecule has 0 bridgehead atoms. The number of hydrogen-bond donors (Lipinski definition) is 1. The first-order valence-corrected chi connectivity index (χ1v) is 7.75. The summed E-state index contributed by atoms with van der Waals surface area (Å²) in [7, 11) is 3.67. The average molecular weight is 283 g/mol. The molecule has 0 radical (unpaired) electrons. The van der Waals surface area contributed by atoms with Gasteiger partial charge in [0.25, 0.3) is 0 Å². The van der Waals surface area contributed by atoms with Crippen LogP contribution >= 0.6 is 0 Å². The van der Waals surface area contributed by atoms with Gasteiger partial charge in [-0.05, 0) is 40.2 Å². The van der Waals surface area contributed by atoms with E-state index >= 15 is 0 Å². The highest BCUT2D eigenvalue weighted by Crippen LogP contribution is 2.35. The van der Waals surface area contributed by atoms with Gasteiger partial charge in [-0.15, -0.1) is 0 Å². The van der Waals surface area contributed by atoms with Crippen molar-refractivity contribution in [1.29, 1.82) is 0 Å². The minimum atomic E-state index is -0.475. The van der Waals surface area contributed by atoms with Crippen LogP contribution in [0.2, 0.25) is 0 Å². The summed E-state index contributed by atoms with van der Waals surface area (Å²) in [6, 6.07) is 0.800. The van der Waals surface area contributed by atoms with Gasteiger partial charge in [0.2, 0.25) is 0 Å². The van der Waals surface area contributed by atoms with E-state index < -0.39 is 5.54 Å². The lowest BCUT2D eigenvalue weighted by Gasteiger charge is -2.37. The van der Waals surface area contributed by atoms with Crippen molar-refractivity contribution in [1.82, 2.24) is 15.1 Å². The van der Waals surface area contributed by atoms with Gasteiger partial charge < -0.3 is 9.64 Å². The Balaban J connectivity index is 2.01. The van der Waals surface area contributed by atoms with Gasteiger partial charge in [-0.1, -0.05) is 0 Å². The zero-order valence-electron chi connectivity index (χ0n) is 13.3. The van der Waals surface area contributed by atoms with Crippen LogP contribution in [0, 0.1) is 0 Å². The second-order valence-corrected chi connectivity index (χ2v) is 6.61. The number of piperazine rings is 1. The van der Waals surface area contributed by atoms with Crippen molar-refractivity contribution in [3.8, 4) is 0 Å². The molecule has 1 N–H and O–H groups in total. The Kier molecular flexibility index (Phi) is 5.04. The average Bonchev–Trinajstić information content (AvgIpc) is 2.83. The van der Waals surface area contributed by atoms with Crippen LogP contribution < -0.4 is 5.32 Å². The zero-order valence-corrected chi connectivity index (χ0v) is 13.3. The van der Waals surface area contributed by atoms with E-state index in [-0.39, 0.29) is 5.97 Å². The molecule has 2 unspecified atom stereocenters. The Morgan fingerprint density at radius 1 is 1.30 bits per heavy atom. The van der Waals surface area contributed by atoms with E-state index in [9.17, 15) is 4.79 Å². The van der Waals surface area contributed by atoms with Gasteiger partial charge in [-0.2, -0.15) is 0 Å². The second kappa shape index (κ2) is 6.41. The number of likely N-dealkylation sites (N-methyl/N-ethyl adjacent to an activating group) is 1. The summed E-state index contributed by atoms with van der Waals surface area (Å²) in [5, 5.41) is 3.47. The van der Waals surface area contributed by atoms with Crippen LogP contribution in [0.25, 0.3) is 0 Å². The Morgan fingerprint density at radius 3 is 2.50 bits per heavy atom. The molecule has 2 rings (SSSR count). The molecular formula is C15H29N3O2. The third-order valence-electron chi connectivity index (χ3n) is 4.68. The SMILES string of the molecule is COC(=O)C1(NC(C)C)CCC(N2CCN(C)CC2)C1. The normalized spacial score (nSPS) is 32.8. The standard InChI is InChI=1S/C15H29N3O2/c1-12(2)16-15(14(19)20-4)6-5-13(11-15)18-9-7-17(3)8-10-18/h12-13,16H,5-11H2,1-4H3. The predicted octanol–water partition coefficient (Wildman–Crippen LogP) is 0.696. The minimum absolute atomic E-state index is 0.0946. The molecule has 1 heterocycles. The molecule has 5 heteroatoms. The summed E-state index contributed by atoms with van der Waals surface area (Å²) < 4.78 is 5.06. The lowest BCUT2D eigenvalue weighted by Crippen LogP contribution is -2.55. The molecule has 2 aliphatic rings. The first-order chi connectivity index (χ1) is 9.47. The molecule has 20 heavy (non-hydrogen) atoms. The third kappa shape index (κ3) is 3.32. The quantitative estimate of drug-likeness (QED) is 0.769. The van der Waals surface area contributed by atoms with E-state index in [0.29, 0.717) is 12.1 Å². The molecular weight excluding hydrogens is 254 g/mol. The number of nitrogens with one attached hydrogen (secondary N) is 1. The van der Waals surface area contributed by atoms with Crippen LogP contribution in [-0.2, 0) is 9.53 Å². The lowest BCUT2D eigenvalue weighted by atomic mass is 9.96. The van der Waals surface area contributed by atoms with Crippen LogP contribution in [0.3, 0.4) is 0 Å². The van der Waals surface area contributed by atoms with Gasteiger partial charge in [0, 0.05) is 38.3 Å². The van der Waals surface area contributed by atoms with Crippen molar-refractivity contribution in [2.45, 2.75) is 50.7 Å². The molecule has 116 valence electrons. The van der Waals surface area contributed by atoms with Gasteiger partial charge in [-0.25, -0.2) is 0 Å². The van der Waals surface area contributed by atoms with Crippen molar-refractivity contribution in [3.63, 3.8) is 0 Å². The van der Waals surface area contributed by atoms with Crippen molar-refractivity contribution < 1.29 is 9.53 Å². The molecule has 2 fully saturated rings. The van der Waals surface area contributed by atoms with Crippen molar-refractivity contribution >= 4 is 5.97 Å². The van der Waals surface area contributed by atoms with Crippen molar-refractivity contribution in [2.75, 3.05) is 40.3 Å². The van der Waals surface area contributed by atoms with E-state index in [1.165, 1.54) is 7.11 Å². The Hall–Kier alpha value is -0.650. The fraction of sp³-hybridized carbons (Fsp3) is 0.933. The Labute approximate surface area is 122 Å². The highest BCUT2D eigenvalue weighted by atomic mass is 16.5. The minimum Gasteiger partial charge on any atom is -0.468 e. The number of hydrogen-bond acceptors (Lipinski definition) is 5. The maximum Gasteiger partial charge on any atom is 0.326 e. The maximum atomic E-state index is 12.2. The van der Waals surface area contributed by atoms with Gasteiger partial charge in [-0.3, -0.25) is 15.0 Å². The second-order valence-electron chi connectivity index (χ2n) is 6.61. The first-order valence-electron chi connectivity index (χ1n) is 7.75. The van der Waals surface area contributed by atoms with Crippen molar-refractivity contribution in [3.05, 3.63) is 0 Å². The molecule has 0 spiro atoms. The highest BCUT2D eigenvalue weighted by Gasteiger charge is 2.48. The first kappa shape index (κ1) is 15.7. The number of methoxy groups -OCH3 is 1. The van der Waals surface area contributed by atoms with Gasteiger partial charge >= 0.3 is 5.97 Å². The molecule has 1 saturated heterocycles. The number of nitrogens with zero attached hydrogens (tertiary/aromatic N) is 2. The van der Waals surface area contributed by atoms with E-state index in [0.717, 1.165) is 45.4 Å². The number of ether oxygens (including phenoxy) is 1. The van der Waals surface area contributed by atoms with Crippen LogP contribution in [-0.4, -0.2) is 73.7 Å². The summed E-state index contributed by atoms with van der Waals surface area (Å²) in [6.45, 7) is 8.65. The summed E-state index contributed by atoms with van der Waals surface area (Å²) in [5.41, 5.74) is -0.475. The fourth-order valence-corrected chi connectivity index (χ4v) is 3.64. The van der Waals surface area contributed by atoms with E-state index in [1.54, 1.807) is 0 Å². The molecule has 2 atom stereocenters. The molecule has 0 aromatic carbocycles. The molecule has 0 aromatic rings. The summed E-state index contributed by atoms with van der Waals surface area (Å²) in [5.74, 6) is -0.0946. The number of carbonyl (C=O) groups is 1. The summed E-state index contributed by atoms with van der Waals surface area (Å²) in [4.78, 5) is 17.2. The Bertz CT molecular complexity index is 340. The van der Waals surface area contributed by atoms with Gasteiger partial charge in [0.15, 0.2) is 0 Å². The summed E-state index contributed by atoms with van der Waals surface area (Å²) >= 11 is 0. The number of rotatable bonds is 4. The van der Waals surface area contributed by atoms with Crippen LogP contribution in [0.4, 0.5) is 0 Å². The molecule has 0 amide bonds. The maximum absolute atomic E-state index is 12.2. The smallest absolute Gasteiger partial charge is 0.326 e. The van der Waals surface area contributed by atoms with Crippen LogP contribution in [0.5, 0.6) is 0 Å². The summed E-state index contributed by atoms with van der Waals surface area (Å²) in [6.07, 6.45) is 2.84. The largest absolute Gasteiger partial charge is 0.468 e. The van der Waals surface area contributed by atoms with E-state index in [2.05, 4.69) is 36.0 Å². The van der Waals surface area contributed by atoms with E-state index in [1.807, 2.05) is 0 Å². The van der Waals surface area contributed by atoms with Gasteiger partial charge in [0.1, 0.15) is 5.54 Å².